The molecule has 9 heteroatoms. The van der Waals surface area contributed by atoms with Crippen molar-refractivity contribution in [3.63, 3.8) is 0 Å². The average molecular weight is 558 g/mol. The largest absolute Gasteiger partial charge is 0.492 e. The van der Waals surface area contributed by atoms with Gasteiger partial charge in [0.15, 0.2) is 11.5 Å². The van der Waals surface area contributed by atoms with Crippen LogP contribution in [0.1, 0.15) is 35.1 Å². The molecule has 4 aromatic rings. The third-order valence-electron chi connectivity index (χ3n) is 5.89. The van der Waals surface area contributed by atoms with Crippen LogP contribution in [-0.4, -0.2) is 62.4 Å². The summed E-state index contributed by atoms with van der Waals surface area (Å²) in [7, 11) is 0. The van der Waals surface area contributed by atoms with Crippen LogP contribution in [-0.2, 0) is 4.74 Å². The first kappa shape index (κ1) is 22.4. The van der Waals surface area contributed by atoms with Crippen LogP contribution in [0.2, 0.25) is 0 Å². The molecule has 5 rings (SSSR count). The number of nitrogens with zero attached hydrogens (tertiary/aromatic N) is 6. The second kappa shape index (κ2) is 9.86. The number of unbranched alkanes of at least 4 members (excludes halogenated alkanes) is 1. The molecule has 0 amide bonds. The number of pyridine rings is 1. The Morgan fingerprint density at radius 1 is 1.15 bits per heavy atom. The number of morpholine rings is 1. The number of halogens is 1. The maximum atomic E-state index is 5.88. The SMILES string of the molecule is CCCCOc1cncc(-c2nnc3c(C)nc4ccc(C(I)N5CCOCC5)cc4n23)c1. The molecule has 1 atom stereocenters. The second-order valence-corrected chi connectivity index (χ2v) is 9.40. The molecule has 0 aliphatic carbocycles. The van der Waals surface area contributed by atoms with Crippen molar-refractivity contribution in [2.75, 3.05) is 32.9 Å². The summed E-state index contributed by atoms with van der Waals surface area (Å²) in [6.07, 6.45) is 5.65. The molecule has 0 saturated carbocycles. The Balaban J connectivity index is 1.60. The number of aryl methyl sites for hydroxylation is 1. The van der Waals surface area contributed by atoms with Crippen LogP contribution in [0, 0.1) is 6.92 Å². The van der Waals surface area contributed by atoms with E-state index in [1.807, 2.05) is 19.2 Å². The van der Waals surface area contributed by atoms with Gasteiger partial charge >= 0.3 is 0 Å². The van der Waals surface area contributed by atoms with Gasteiger partial charge in [0.05, 0.1) is 46.8 Å². The number of aromatic nitrogens is 5. The van der Waals surface area contributed by atoms with Crippen LogP contribution in [0.4, 0.5) is 0 Å². The van der Waals surface area contributed by atoms with E-state index in [-0.39, 0.29) is 4.05 Å². The van der Waals surface area contributed by atoms with E-state index in [0.717, 1.165) is 78.7 Å². The molecular weight excluding hydrogens is 531 g/mol. The van der Waals surface area contributed by atoms with Crippen LogP contribution >= 0.6 is 22.6 Å². The minimum atomic E-state index is 0.254. The quantitative estimate of drug-likeness (QED) is 0.142. The zero-order chi connectivity index (χ0) is 22.8. The average Bonchev–Trinajstić information content (AvgIpc) is 3.31. The first-order chi connectivity index (χ1) is 16.2. The molecule has 3 aromatic heterocycles. The van der Waals surface area contributed by atoms with Gasteiger partial charge in [-0.3, -0.25) is 14.3 Å². The van der Waals surface area contributed by atoms with Gasteiger partial charge in [0.25, 0.3) is 0 Å². The molecule has 1 fully saturated rings. The summed E-state index contributed by atoms with van der Waals surface area (Å²) in [5.41, 5.74) is 5.60. The van der Waals surface area contributed by atoms with Gasteiger partial charge in [0, 0.05) is 24.8 Å². The van der Waals surface area contributed by atoms with E-state index in [1.54, 1.807) is 6.20 Å². The fourth-order valence-electron chi connectivity index (χ4n) is 4.10. The zero-order valence-electron chi connectivity index (χ0n) is 18.9. The Labute approximate surface area is 206 Å². The van der Waals surface area contributed by atoms with E-state index in [1.165, 1.54) is 5.56 Å². The molecule has 0 N–H and O–H groups in total. The highest BCUT2D eigenvalue weighted by molar-refractivity contribution is 14.1. The van der Waals surface area contributed by atoms with Crippen LogP contribution in [0.5, 0.6) is 5.75 Å². The molecule has 1 aromatic carbocycles. The van der Waals surface area contributed by atoms with Gasteiger partial charge < -0.3 is 9.47 Å². The predicted molar refractivity (Wildman–Crippen MR) is 136 cm³/mol. The van der Waals surface area contributed by atoms with E-state index < -0.39 is 0 Å². The van der Waals surface area contributed by atoms with Gasteiger partial charge in [0.1, 0.15) is 5.75 Å². The third kappa shape index (κ3) is 4.53. The maximum absolute atomic E-state index is 5.88. The normalized spacial score (nSPS) is 15.8. The third-order valence-corrected chi connectivity index (χ3v) is 7.40. The van der Waals surface area contributed by atoms with Crippen molar-refractivity contribution in [2.45, 2.75) is 30.7 Å². The van der Waals surface area contributed by atoms with Crippen LogP contribution in [0.3, 0.4) is 0 Å². The maximum Gasteiger partial charge on any atom is 0.183 e. The summed E-state index contributed by atoms with van der Waals surface area (Å²) in [6, 6.07) is 8.46. The molecule has 1 unspecified atom stereocenters. The van der Waals surface area contributed by atoms with Crippen molar-refractivity contribution in [3.8, 4) is 17.1 Å². The van der Waals surface area contributed by atoms with Crippen molar-refractivity contribution < 1.29 is 9.47 Å². The standard InChI is InChI=1S/C24H27IN6O2/c1-3-4-9-33-19-12-18(14-26-15-19)24-29-28-23-16(2)27-20-6-5-17(13-21(20)31(23)24)22(25)30-7-10-32-11-8-30/h5-6,12-15,22H,3-4,7-11H2,1-2H3. The number of fused-ring (bicyclic) bond motifs is 3. The summed E-state index contributed by atoms with van der Waals surface area (Å²) in [5.74, 6) is 1.48. The zero-order valence-corrected chi connectivity index (χ0v) is 21.0. The summed E-state index contributed by atoms with van der Waals surface area (Å²) >= 11 is 2.51. The lowest BCUT2D eigenvalue weighted by atomic mass is 10.1. The first-order valence-electron chi connectivity index (χ1n) is 11.3. The van der Waals surface area contributed by atoms with Gasteiger partial charge in [0.2, 0.25) is 0 Å². The number of hydrogen-bond donors (Lipinski definition) is 0. The molecule has 1 aliphatic heterocycles. The molecule has 172 valence electrons. The summed E-state index contributed by atoms with van der Waals surface area (Å²) in [4.78, 5) is 11.6. The van der Waals surface area contributed by atoms with E-state index in [9.17, 15) is 0 Å². The Morgan fingerprint density at radius 2 is 2.00 bits per heavy atom. The van der Waals surface area contributed by atoms with E-state index >= 15 is 0 Å². The van der Waals surface area contributed by atoms with Crippen molar-refractivity contribution in [2.24, 2.45) is 0 Å². The first-order valence-corrected chi connectivity index (χ1v) is 12.6. The smallest absolute Gasteiger partial charge is 0.183 e. The van der Waals surface area contributed by atoms with Crippen molar-refractivity contribution in [1.82, 2.24) is 29.5 Å². The van der Waals surface area contributed by atoms with Crippen molar-refractivity contribution in [1.29, 1.82) is 0 Å². The Kier molecular flexibility index (Phi) is 6.70. The lowest BCUT2D eigenvalue weighted by Gasteiger charge is -2.31. The second-order valence-electron chi connectivity index (χ2n) is 8.22. The molecule has 0 bridgehead atoms. The van der Waals surface area contributed by atoms with E-state index in [0.29, 0.717) is 6.61 Å². The topological polar surface area (TPSA) is 77.7 Å². The van der Waals surface area contributed by atoms with E-state index in [2.05, 4.69) is 72.2 Å². The van der Waals surface area contributed by atoms with Gasteiger partial charge in [-0.25, -0.2) is 4.98 Å². The lowest BCUT2D eigenvalue weighted by molar-refractivity contribution is 0.0350. The molecular formula is C24H27IN6O2. The number of benzene rings is 1. The number of ether oxygens (including phenoxy) is 2. The molecule has 0 radical (unpaired) electrons. The molecule has 8 nitrogen and oxygen atoms in total. The highest BCUT2D eigenvalue weighted by Gasteiger charge is 2.22. The summed E-state index contributed by atoms with van der Waals surface area (Å²) in [5, 5.41) is 8.99. The molecule has 1 saturated heterocycles. The Hall–Kier alpha value is -2.37. The van der Waals surface area contributed by atoms with Gasteiger partial charge in [-0.1, -0.05) is 42.0 Å². The number of alkyl halides is 1. The van der Waals surface area contributed by atoms with Gasteiger partial charge in [-0.05, 0) is 37.1 Å². The molecule has 33 heavy (non-hydrogen) atoms. The predicted octanol–water partition coefficient (Wildman–Crippen LogP) is 4.59. The highest BCUT2D eigenvalue weighted by Crippen LogP contribution is 2.32. The highest BCUT2D eigenvalue weighted by atomic mass is 127. The molecule has 1 aliphatic rings. The van der Waals surface area contributed by atoms with Crippen molar-refractivity contribution >= 4 is 39.3 Å². The van der Waals surface area contributed by atoms with Gasteiger partial charge in [-0.2, -0.15) is 0 Å². The monoisotopic (exact) mass is 558 g/mol. The fourth-order valence-corrected chi connectivity index (χ4v) is 5.04. The van der Waals surface area contributed by atoms with E-state index in [4.69, 9.17) is 14.5 Å². The summed E-state index contributed by atoms with van der Waals surface area (Å²) < 4.78 is 13.8. The van der Waals surface area contributed by atoms with Crippen LogP contribution in [0.15, 0.2) is 36.7 Å². The van der Waals surface area contributed by atoms with Crippen molar-refractivity contribution in [3.05, 3.63) is 47.9 Å². The lowest BCUT2D eigenvalue weighted by Crippen LogP contribution is -2.37. The molecule has 4 heterocycles. The number of rotatable bonds is 7. The fraction of sp³-hybridized carbons (Fsp3) is 0.417. The van der Waals surface area contributed by atoms with Crippen LogP contribution in [0.25, 0.3) is 28.1 Å². The van der Waals surface area contributed by atoms with Crippen LogP contribution < -0.4 is 4.74 Å². The number of hydrogen-bond acceptors (Lipinski definition) is 7. The van der Waals surface area contributed by atoms with Gasteiger partial charge in [-0.15, -0.1) is 10.2 Å². The minimum Gasteiger partial charge on any atom is -0.492 e. The summed E-state index contributed by atoms with van der Waals surface area (Å²) in [6.45, 7) is 8.21. The molecule has 0 spiro atoms. The Bertz CT molecular complexity index is 1270. The Morgan fingerprint density at radius 3 is 2.82 bits per heavy atom. The minimum absolute atomic E-state index is 0.254.